The normalized spacial score (nSPS) is 12.5. The van der Waals surface area contributed by atoms with Gasteiger partial charge in [-0.3, -0.25) is 14.6 Å². The summed E-state index contributed by atoms with van der Waals surface area (Å²) in [5, 5.41) is 2.91. The van der Waals surface area contributed by atoms with Crippen molar-refractivity contribution in [2.45, 2.75) is 26.3 Å². The van der Waals surface area contributed by atoms with Crippen molar-refractivity contribution in [3.63, 3.8) is 0 Å². The quantitative estimate of drug-likeness (QED) is 0.723. The van der Waals surface area contributed by atoms with Gasteiger partial charge in [-0.2, -0.15) is 0 Å². The number of carbonyl (C=O) groups excluding carboxylic acids is 2. The molecule has 2 heterocycles. The second-order valence-corrected chi connectivity index (χ2v) is 7.11. The Morgan fingerprint density at radius 2 is 1.86 bits per heavy atom. The van der Waals surface area contributed by atoms with Crippen LogP contribution in [-0.2, 0) is 17.8 Å². The molecule has 1 aliphatic heterocycles. The van der Waals surface area contributed by atoms with Crippen LogP contribution >= 0.6 is 0 Å². The highest BCUT2D eigenvalue weighted by Crippen LogP contribution is 2.32. The number of pyridine rings is 1. The van der Waals surface area contributed by atoms with Gasteiger partial charge in [0.2, 0.25) is 5.91 Å². The number of hydrogen-bond donors (Lipinski definition) is 1. The van der Waals surface area contributed by atoms with Crippen LogP contribution in [0.25, 0.3) is 11.1 Å². The number of fused-ring (bicyclic) bond motifs is 1. The Hall–Kier alpha value is -3.47. The Labute approximate surface area is 170 Å². The number of amides is 2. The third kappa shape index (κ3) is 4.04. The molecule has 4 rings (SSSR count). The summed E-state index contributed by atoms with van der Waals surface area (Å²) >= 11 is 0. The third-order valence-electron chi connectivity index (χ3n) is 5.23. The maximum atomic E-state index is 12.4. The molecule has 29 heavy (non-hydrogen) atoms. The van der Waals surface area contributed by atoms with Crippen molar-refractivity contribution in [1.82, 2.24) is 10.3 Å². The van der Waals surface area contributed by atoms with E-state index in [0.29, 0.717) is 18.5 Å². The van der Waals surface area contributed by atoms with Crippen LogP contribution in [0.1, 0.15) is 34.8 Å². The van der Waals surface area contributed by atoms with Gasteiger partial charge in [0.1, 0.15) is 0 Å². The van der Waals surface area contributed by atoms with Crippen molar-refractivity contribution in [1.29, 1.82) is 0 Å². The van der Waals surface area contributed by atoms with Gasteiger partial charge in [0, 0.05) is 43.2 Å². The van der Waals surface area contributed by atoms with Gasteiger partial charge >= 0.3 is 0 Å². The van der Waals surface area contributed by atoms with Gasteiger partial charge in [-0.15, -0.1) is 0 Å². The molecule has 2 aromatic carbocycles. The maximum absolute atomic E-state index is 12.4. The number of nitrogens with zero attached hydrogens (tertiary/aromatic N) is 2. The molecule has 5 nitrogen and oxygen atoms in total. The van der Waals surface area contributed by atoms with Crippen LogP contribution in [0.3, 0.4) is 0 Å². The number of hydrogen-bond acceptors (Lipinski definition) is 3. The molecule has 0 saturated carbocycles. The molecule has 0 atom stereocenters. The van der Waals surface area contributed by atoms with Crippen LogP contribution in [0.5, 0.6) is 0 Å². The van der Waals surface area contributed by atoms with Crippen molar-refractivity contribution in [2.24, 2.45) is 0 Å². The summed E-state index contributed by atoms with van der Waals surface area (Å²) in [6.45, 7) is 3.09. The van der Waals surface area contributed by atoms with E-state index in [0.717, 1.165) is 35.3 Å². The van der Waals surface area contributed by atoms with Gasteiger partial charge in [0.15, 0.2) is 0 Å². The maximum Gasteiger partial charge on any atom is 0.251 e. The topological polar surface area (TPSA) is 62.3 Å². The lowest BCUT2D eigenvalue weighted by Gasteiger charge is -2.16. The summed E-state index contributed by atoms with van der Waals surface area (Å²) < 4.78 is 0. The Morgan fingerprint density at radius 1 is 1.07 bits per heavy atom. The lowest BCUT2D eigenvalue weighted by molar-refractivity contribution is -0.118. The number of nitrogens with one attached hydrogen (secondary N) is 1. The van der Waals surface area contributed by atoms with Crippen molar-refractivity contribution in [3.05, 3.63) is 83.7 Å². The van der Waals surface area contributed by atoms with Gasteiger partial charge in [-0.05, 0) is 59.0 Å². The highest BCUT2D eigenvalue weighted by atomic mass is 16.2. The fourth-order valence-electron chi connectivity index (χ4n) is 3.63. The minimum Gasteiger partial charge on any atom is -0.348 e. The standard InChI is InChI=1S/C24H23N3O2/c1-2-23(28)27-13-11-21-14-20(9-10-22(21)27)18-5-7-19(8-6-18)24(29)26-16-17-4-3-12-25-15-17/h3-10,12,14-15H,2,11,13,16H2,1H3,(H,26,29). The number of carbonyl (C=O) groups is 2. The highest BCUT2D eigenvalue weighted by Gasteiger charge is 2.23. The smallest absolute Gasteiger partial charge is 0.251 e. The van der Waals surface area contributed by atoms with E-state index < -0.39 is 0 Å². The largest absolute Gasteiger partial charge is 0.348 e. The summed E-state index contributed by atoms with van der Waals surface area (Å²) in [5.74, 6) is 0.0567. The molecule has 3 aromatic rings. The molecule has 0 spiro atoms. The minimum atomic E-state index is -0.108. The zero-order valence-electron chi connectivity index (χ0n) is 16.4. The minimum absolute atomic E-state index is 0.108. The van der Waals surface area contributed by atoms with Gasteiger partial charge in [-0.1, -0.05) is 31.2 Å². The molecule has 1 aliphatic rings. The van der Waals surface area contributed by atoms with Crippen LogP contribution in [0.2, 0.25) is 0 Å². The van der Waals surface area contributed by atoms with Crippen molar-refractivity contribution in [3.8, 4) is 11.1 Å². The zero-order chi connectivity index (χ0) is 20.2. The van der Waals surface area contributed by atoms with E-state index in [1.807, 2.05) is 60.4 Å². The van der Waals surface area contributed by atoms with E-state index in [1.165, 1.54) is 5.56 Å². The zero-order valence-corrected chi connectivity index (χ0v) is 16.4. The molecule has 0 aliphatic carbocycles. The molecular weight excluding hydrogens is 362 g/mol. The SMILES string of the molecule is CCC(=O)N1CCc2cc(-c3ccc(C(=O)NCc4cccnc4)cc3)ccc21. The first-order valence-electron chi connectivity index (χ1n) is 9.86. The van der Waals surface area contributed by atoms with Crippen LogP contribution in [0.4, 0.5) is 5.69 Å². The Balaban J connectivity index is 1.45. The van der Waals surface area contributed by atoms with Crippen LogP contribution < -0.4 is 10.2 Å². The number of anilines is 1. The monoisotopic (exact) mass is 385 g/mol. The predicted octanol–water partition coefficient (Wildman–Crippen LogP) is 3.98. The number of aromatic nitrogens is 1. The van der Waals surface area contributed by atoms with E-state index in [9.17, 15) is 9.59 Å². The van der Waals surface area contributed by atoms with Gasteiger partial charge in [0.05, 0.1) is 0 Å². The van der Waals surface area contributed by atoms with Gasteiger partial charge in [0.25, 0.3) is 5.91 Å². The average molecular weight is 385 g/mol. The molecule has 0 unspecified atom stereocenters. The molecule has 0 radical (unpaired) electrons. The first-order chi connectivity index (χ1) is 14.2. The summed E-state index contributed by atoms with van der Waals surface area (Å²) in [6.07, 6.45) is 4.85. The van der Waals surface area contributed by atoms with Crippen molar-refractivity contribution < 1.29 is 9.59 Å². The van der Waals surface area contributed by atoms with E-state index in [4.69, 9.17) is 0 Å². The summed E-state index contributed by atoms with van der Waals surface area (Å²) in [6, 6.07) is 17.6. The third-order valence-corrected chi connectivity index (χ3v) is 5.23. The molecule has 2 amide bonds. The number of rotatable bonds is 5. The number of benzene rings is 2. The van der Waals surface area contributed by atoms with Gasteiger partial charge < -0.3 is 10.2 Å². The van der Waals surface area contributed by atoms with E-state index in [2.05, 4.69) is 16.4 Å². The average Bonchev–Trinajstić information content (AvgIpc) is 3.21. The molecular formula is C24H23N3O2. The lowest BCUT2D eigenvalue weighted by Crippen LogP contribution is -2.27. The highest BCUT2D eigenvalue weighted by molar-refractivity contribution is 5.96. The fraction of sp³-hybridized carbons (Fsp3) is 0.208. The fourth-order valence-corrected chi connectivity index (χ4v) is 3.63. The molecule has 0 bridgehead atoms. The Morgan fingerprint density at radius 3 is 2.59 bits per heavy atom. The predicted molar refractivity (Wildman–Crippen MR) is 114 cm³/mol. The van der Waals surface area contributed by atoms with E-state index in [-0.39, 0.29) is 11.8 Å². The van der Waals surface area contributed by atoms with Crippen LogP contribution in [0.15, 0.2) is 67.0 Å². The molecule has 1 aromatic heterocycles. The molecule has 146 valence electrons. The molecule has 1 N–H and O–H groups in total. The summed E-state index contributed by atoms with van der Waals surface area (Å²) in [4.78, 5) is 30.4. The molecule has 5 heteroatoms. The molecule has 0 fully saturated rings. The van der Waals surface area contributed by atoms with Crippen molar-refractivity contribution >= 4 is 17.5 Å². The Kier molecular flexibility index (Phi) is 5.38. The summed E-state index contributed by atoms with van der Waals surface area (Å²) in [5.41, 5.74) is 5.95. The van der Waals surface area contributed by atoms with Crippen LogP contribution in [-0.4, -0.2) is 23.3 Å². The van der Waals surface area contributed by atoms with E-state index >= 15 is 0 Å². The van der Waals surface area contributed by atoms with E-state index in [1.54, 1.807) is 12.4 Å². The summed E-state index contributed by atoms with van der Waals surface area (Å²) in [7, 11) is 0. The lowest BCUT2D eigenvalue weighted by atomic mass is 10.0. The molecule has 0 saturated heterocycles. The van der Waals surface area contributed by atoms with Crippen molar-refractivity contribution in [2.75, 3.05) is 11.4 Å². The Bertz CT molecular complexity index is 1030. The van der Waals surface area contributed by atoms with Gasteiger partial charge in [-0.25, -0.2) is 0 Å². The van der Waals surface area contributed by atoms with Crippen LogP contribution in [0, 0.1) is 0 Å². The second-order valence-electron chi connectivity index (χ2n) is 7.11. The first-order valence-corrected chi connectivity index (χ1v) is 9.86. The second kappa shape index (κ2) is 8.27. The first kappa shape index (κ1) is 18.9.